The summed E-state index contributed by atoms with van der Waals surface area (Å²) < 4.78 is 1.71. The summed E-state index contributed by atoms with van der Waals surface area (Å²) in [6.07, 6.45) is 2.43. The molecule has 0 aliphatic carbocycles. The Balaban J connectivity index is 2.27. The average molecular weight is 279 g/mol. The zero-order valence-corrected chi connectivity index (χ0v) is 12.4. The number of fused-ring (bicyclic) bond motifs is 1. The van der Waals surface area contributed by atoms with E-state index in [9.17, 15) is 4.79 Å². The zero-order valence-electron chi connectivity index (χ0n) is 12.4. The summed E-state index contributed by atoms with van der Waals surface area (Å²) in [7, 11) is 0. The Labute approximate surface area is 123 Å². The van der Waals surface area contributed by atoms with Gasteiger partial charge in [-0.2, -0.15) is 5.10 Å². The molecular weight excluding hydrogens is 262 g/mol. The van der Waals surface area contributed by atoms with Gasteiger partial charge < -0.3 is 0 Å². The predicted molar refractivity (Wildman–Crippen MR) is 82.6 cm³/mol. The normalized spacial score (nSPS) is 11.2. The maximum atomic E-state index is 11.0. The molecular formula is C17H17N3O. The second kappa shape index (κ2) is 5.13. The fourth-order valence-electron chi connectivity index (χ4n) is 2.45. The number of hydrogen-bond acceptors (Lipinski definition) is 3. The lowest BCUT2D eigenvalue weighted by Gasteiger charge is -2.10. The van der Waals surface area contributed by atoms with E-state index in [0.717, 1.165) is 28.8 Å². The molecule has 1 aromatic carbocycles. The summed E-state index contributed by atoms with van der Waals surface area (Å²) in [5.74, 6) is 0.306. The second-order valence-corrected chi connectivity index (χ2v) is 5.56. The highest BCUT2D eigenvalue weighted by Crippen LogP contribution is 2.25. The first-order chi connectivity index (χ1) is 10.1. The lowest BCUT2D eigenvalue weighted by atomic mass is 10.0. The molecule has 3 rings (SSSR count). The quantitative estimate of drug-likeness (QED) is 0.688. The van der Waals surface area contributed by atoms with Gasteiger partial charge in [0.05, 0.1) is 11.9 Å². The van der Waals surface area contributed by atoms with E-state index in [0.29, 0.717) is 11.6 Å². The Bertz CT molecular complexity index is 818. The summed E-state index contributed by atoms with van der Waals surface area (Å²) in [5.41, 5.74) is 5.41. The van der Waals surface area contributed by atoms with Crippen molar-refractivity contribution in [2.24, 2.45) is 0 Å². The zero-order chi connectivity index (χ0) is 15.0. The van der Waals surface area contributed by atoms with Crippen molar-refractivity contribution in [3.63, 3.8) is 0 Å². The summed E-state index contributed by atoms with van der Waals surface area (Å²) in [6.45, 7) is 6.29. The van der Waals surface area contributed by atoms with Gasteiger partial charge in [-0.1, -0.05) is 37.6 Å². The van der Waals surface area contributed by atoms with Crippen LogP contribution in [0.15, 0.2) is 36.5 Å². The Morgan fingerprint density at radius 2 is 2.05 bits per heavy atom. The molecule has 0 atom stereocenters. The van der Waals surface area contributed by atoms with Crippen molar-refractivity contribution in [1.82, 2.24) is 14.6 Å². The summed E-state index contributed by atoms with van der Waals surface area (Å²) in [4.78, 5) is 15.3. The Hall–Kier alpha value is -2.49. The number of nitrogens with zero attached hydrogens (tertiary/aromatic N) is 3. The standard InChI is InChI=1S/C17H17N3O/c1-11(2)15-8-16(13-6-4-5-12(3)7-13)19-20-9-14(10-21)18-17(15)20/h4-11H,1-3H3. The molecule has 3 aromatic rings. The summed E-state index contributed by atoms with van der Waals surface area (Å²) in [6, 6.07) is 10.3. The molecule has 4 heteroatoms. The van der Waals surface area contributed by atoms with Crippen LogP contribution in [-0.2, 0) is 0 Å². The van der Waals surface area contributed by atoms with Crippen LogP contribution < -0.4 is 0 Å². The highest BCUT2D eigenvalue weighted by atomic mass is 16.1. The third kappa shape index (κ3) is 2.44. The van der Waals surface area contributed by atoms with Gasteiger partial charge in [-0.05, 0) is 25.0 Å². The molecule has 0 saturated heterocycles. The van der Waals surface area contributed by atoms with Crippen LogP contribution in [0.3, 0.4) is 0 Å². The van der Waals surface area contributed by atoms with Crippen molar-refractivity contribution in [3.8, 4) is 11.3 Å². The number of carbonyl (C=O) groups excluding carboxylic acids is 1. The molecule has 106 valence electrons. The van der Waals surface area contributed by atoms with E-state index in [4.69, 9.17) is 0 Å². The molecule has 0 saturated carbocycles. The van der Waals surface area contributed by atoms with Crippen molar-refractivity contribution >= 4 is 11.9 Å². The second-order valence-electron chi connectivity index (χ2n) is 5.56. The van der Waals surface area contributed by atoms with Crippen molar-refractivity contribution in [3.05, 3.63) is 53.3 Å². The number of hydrogen-bond donors (Lipinski definition) is 0. The van der Waals surface area contributed by atoms with Gasteiger partial charge in [-0.25, -0.2) is 9.50 Å². The molecule has 0 bridgehead atoms. The van der Waals surface area contributed by atoms with E-state index < -0.39 is 0 Å². The smallest absolute Gasteiger partial charge is 0.170 e. The third-order valence-corrected chi connectivity index (χ3v) is 3.53. The van der Waals surface area contributed by atoms with Crippen LogP contribution in [0.4, 0.5) is 0 Å². The highest BCUT2D eigenvalue weighted by Gasteiger charge is 2.13. The molecule has 21 heavy (non-hydrogen) atoms. The van der Waals surface area contributed by atoms with Crippen molar-refractivity contribution < 1.29 is 4.79 Å². The Kier molecular flexibility index (Phi) is 3.29. The lowest BCUT2D eigenvalue weighted by Crippen LogP contribution is -2.00. The molecule has 0 radical (unpaired) electrons. The minimum atomic E-state index is 0.306. The van der Waals surface area contributed by atoms with Crippen molar-refractivity contribution in [2.45, 2.75) is 26.7 Å². The maximum Gasteiger partial charge on any atom is 0.170 e. The summed E-state index contributed by atoms with van der Waals surface area (Å²) in [5, 5.41) is 4.59. The first-order valence-electron chi connectivity index (χ1n) is 7.01. The van der Waals surface area contributed by atoms with Crippen LogP contribution in [0.25, 0.3) is 16.9 Å². The van der Waals surface area contributed by atoms with Gasteiger partial charge in [0.1, 0.15) is 5.69 Å². The number of imidazole rings is 1. The first-order valence-corrected chi connectivity index (χ1v) is 7.01. The van der Waals surface area contributed by atoms with E-state index in [1.165, 1.54) is 5.56 Å². The SMILES string of the molecule is Cc1cccc(-c2cc(C(C)C)c3nc(C=O)cn3n2)c1. The van der Waals surface area contributed by atoms with E-state index in [1.54, 1.807) is 10.7 Å². The van der Waals surface area contributed by atoms with E-state index in [1.807, 2.05) is 12.1 Å². The molecule has 2 heterocycles. The van der Waals surface area contributed by atoms with Gasteiger partial charge in [0, 0.05) is 11.1 Å². The van der Waals surface area contributed by atoms with E-state index in [-0.39, 0.29) is 0 Å². The number of carbonyl (C=O) groups is 1. The minimum absolute atomic E-state index is 0.306. The lowest BCUT2D eigenvalue weighted by molar-refractivity contribution is 0.111. The number of aromatic nitrogens is 3. The van der Waals surface area contributed by atoms with E-state index in [2.05, 4.69) is 49.1 Å². The van der Waals surface area contributed by atoms with Crippen molar-refractivity contribution in [1.29, 1.82) is 0 Å². The molecule has 2 aromatic heterocycles. The molecule has 0 fully saturated rings. The number of aldehydes is 1. The molecule has 4 nitrogen and oxygen atoms in total. The minimum Gasteiger partial charge on any atom is -0.296 e. The van der Waals surface area contributed by atoms with Gasteiger partial charge in [-0.3, -0.25) is 4.79 Å². The van der Waals surface area contributed by atoms with Crippen LogP contribution in [0.5, 0.6) is 0 Å². The molecule has 0 aliphatic heterocycles. The Morgan fingerprint density at radius 3 is 2.71 bits per heavy atom. The number of aryl methyl sites for hydroxylation is 1. The topological polar surface area (TPSA) is 47.3 Å². The number of benzene rings is 1. The fraction of sp³-hybridized carbons (Fsp3) is 0.235. The monoisotopic (exact) mass is 279 g/mol. The third-order valence-electron chi connectivity index (χ3n) is 3.53. The molecule has 0 aliphatic rings. The van der Waals surface area contributed by atoms with Crippen LogP contribution in [-0.4, -0.2) is 20.9 Å². The summed E-state index contributed by atoms with van der Waals surface area (Å²) >= 11 is 0. The Morgan fingerprint density at radius 1 is 1.24 bits per heavy atom. The van der Waals surface area contributed by atoms with Gasteiger partial charge in [0.2, 0.25) is 0 Å². The average Bonchev–Trinajstić information content (AvgIpc) is 2.88. The van der Waals surface area contributed by atoms with Crippen LogP contribution in [0, 0.1) is 6.92 Å². The highest BCUT2D eigenvalue weighted by molar-refractivity contribution is 5.74. The van der Waals surface area contributed by atoms with Gasteiger partial charge in [-0.15, -0.1) is 0 Å². The van der Waals surface area contributed by atoms with E-state index >= 15 is 0 Å². The van der Waals surface area contributed by atoms with Crippen LogP contribution in [0.1, 0.15) is 41.4 Å². The molecule has 0 N–H and O–H groups in total. The van der Waals surface area contributed by atoms with Gasteiger partial charge in [0.25, 0.3) is 0 Å². The first kappa shape index (κ1) is 13.5. The molecule has 0 unspecified atom stereocenters. The van der Waals surface area contributed by atoms with Crippen molar-refractivity contribution in [2.75, 3.05) is 0 Å². The van der Waals surface area contributed by atoms with Gasteiger partial charge in [0.15, 0.2) is 11.9 Å². The number of rotatable bonds is 3. The fourth-order valence-corrected chi connectivity index (χ4v) is 2.45. The van der Waals surface area contributed by atoms with Crippen LogP contribution in [0.2, 0.25) is 0 Å². The predicted octanol–water partition coefficient (Wildman–Crippen LogP) is 3.64. The molecule has 0 spiro atoms. The maximum absolute atomic E-state index is 11.0. The van der Waals surface area contributed by atoms with Gasteiger partial charge >= 0.3 is 0 Å². The van der Waals surface area contributed by atoms with Crippen LogP contribution >= 0.6 is 0 Å². The largest absolute Gasteiger partial charge is 0.296 e. The molecule has 0 amide bonds.